The lowest BCUT2D eigenvalue weighted by atomic mass is 9.97. The van der Waals surface area contributed by atoms with Crippen LogP contribution in [-0.4, -0.2) is 52.1 Å². The van der Waals surface area contributed by atoms with E-state index in [0.717, 1.165) is 55.8 Å². The van der Waals surface area contributed by atoms with Crippen molar-refractivity contribution in [3.05, 3.63) is 24.3 Å². The molecular weight excluding hydrogens is 330 g/mol. The van der Waals surface area contributed by atoms with Crippen LogP contribution in [0.15, 0.2) is 24.3 Å². The molecule has 1 N–H and O–H groups in total. The fourth-order valence-corrected chi connectivity index (χ4v) is 4.08. The van der Waals surface area contributed by atoms with Gasteiger partial charge in [-0.15, -0.1) is 0 Å². The maximum Gasteiger partial charge on any atom is 0.317 e. The van der Waals surface area contributed by atoms with Gasteiger partial charge < -0.3 is 14.8 Å². The van der Waals surface area contributed by atoms with E-state index in [1.165, 1.54) is 0 Å². The Hall–Kier alpha value is -2.57. The third-order valence-electron chi connectivity index (χ3n) is 5.65. The second kappa shape index (κ2) is 6.00. The number of fused-ring (bicyclic) bond motifs is 3. The number of nitrogens with one attached hydrogen (secondary N) is 1. The van der Waals surface area contributed by atoms with Gasteiger partial charge in [0.2, 0.25) is 11.9 Å². The van der Waals surface area contributed by atoms with Crippen molar-refractivity contribution in [1.82, 2.24) is 19.8 Å². The SMILES string of the molecule is O=C(NC1CC1)N1CCCC(C(=O)N2CCn3c2nc2ccccc23)C1. The molecule has 2 aliphatic heterocycles. The minimum absolute atomic E-state index is 0.0151. The molecule has 7 heteroatoms. The number of carbonyl (C=O) groups excluding carboxylic acids is 2. The molecule has 0 bridgehead atoms. The van der Waals surface area contributed by atoms with E-state index in [1.54, 1.807) is 0 Å². The number of piperidine rings is 1. The van der Waals surface area contributed by atoms with Crippen LogP contribution in [0.5, 0.6) is 0 Å². The van der Waals surface area contributed by atoms with Crippen LogP contribution in [0.1, 0.15) is 25.7 Å². The number of aromatic nitrogens is 2. The van der Waals surface area contributed by atoms with Crippen molar-refractivity contribution in [1.29, 1.82) is 0 Å². The first-order valence-electron chi connectivity index (χ1n) is 9.53. The number of rotatable bonds is 2. The standard InChI is InChI=1S/C19H23N5O2/c25-17(13-4-3-9-22(12-13)19(26)20-14-7-8-14)24-11-10-23-16-6-2-1-5-15(16)21-18(23)24/h1-2,5-6,13-14H,3-4,7-12H2,(H,20,26). The van der Waals surface area contributed by atoms with Gasteiger partial charge >= 0.3 is 6.03 Å². The Balaban J connectivity index is 1.33. The van der Waals surface area contributed by atoms with Crippen molar-refractivity contribution in [3.8, 4) is 0 Å². The first kappa shape index (κ1) is 15.7. The molecule has 1 aromatic heterocycles. The Bertz CT molecular complexity index is 872. The Morgan fingerprint density at radius 2 is 1.92 bits per heavy atom. The number of hydrogen-bond donors (Lipinski definition) is 1. The fourth-order valence-electron chi connectivity index (χ4n) is 4.08. The molecule has 1 saturated carbocycles. The molecule has 1 aliphatic carbocycles. The summed E-state index contributed by atoms with van der Waals surface area (Å²) in [6.07, 6.45) is 3.86. The monoisotopic (exact) mass is 353 g/mol. The summed E-state index contributed by atoms with van der Waals surface area (Å²) < 4.78 is 2.12. The predicted molar refractivity (Wildman–Crippen MR) is 97.9 cm³/mol. The topological polar surface area (TPSA) is 70.5 Å². The summed E-state index contributed by atoms with van der Waals surface area (Å²) >= 11 is 0. The second-order valence-corrected chi connectivity index (χ2v) is 7.55. The van der Waals surface area contributed by atoms with E-state index in [-0.39, 0.29) is 17.9 Å². The zero-order chi connectivity index (χ0) is 17.7. The number of likely N-dealkylation sites (tertiary alicyclic amines) is 1. The van der Waals surface area contributed by atoms with E-state index in [1.807, 2.05) is 34.1 Å². The van der Waals surface area contributed by atoms with Gasteiger partial charge in [-0.3, -0.25) is 9.69 Å². The molecule has 26 heavy (non-hydrogen) atoms. The summed E-state index contributed by atoms with van der Waals surface area (Å²) in [6, 6.07) is 8.32. The highest BCUT2D eigenvalue weighted by molar-refractivity contribution is 5.96. The van der Waals surface area contributed by atoms with Crippen LogP contribution >= 0.6 is 0 Å². The Morgan fingerprint density at radius 3 is 2.77 bits per heavy atom. The fraction of sp³-hybridized carbons (Fsp3) is 0.526. The van der Waals surface area contributed by atoms with Gasteiger partial charge in [0.05, 0.1) is 17.0 Å². The summed E-state index contributed by atoms with van der Waals surface area (Å²) in [5.74, 6) is 0.707. The van der Waals surface area contributed by atoms with Crippen LogP contribution in [-0.2, 0) is 11.3 Å². The lowest BCUT2D eigenvalue weighted by Gasteiger charge is -2.33. The predicted octanol–water partition coefficient (Wildman–Crippen LogP) is 1.97. The molecule has 5 rings (SSSR count). The van der Waals surface area contributed by atoms with Gasteiger partial charge in [0, 0.05) is 32.2 Å². The highest BCUT2D eigenvalue weighted by Gasteiger charge is 2.36. The molecule has 0 radical (unpaired) electrons. The first-order valence-corrected chi connectivity index (χ1v) is 9.53. The summed E-state index contributed by atoms with van der Waals surface area (Å²) in [5.41, 5.74) is 2.00. The van der Waals surface area contributed by atoms with E-state index < -0.39 is 0 Å². The average molecular weight is 353 g/mol. The molecule has 3 aliphatic rings. The van der Waals surface area contributed by atoms with E-state index in [9.17, 15) is 9.59 Å². The number of para-hydroxylation sites is 2. The Labute approximate surface area is 152 Å². The van der Waals surface area contributed by atoms with Crippen LogP contribution < -0.4 is 10.2 Å². The molecule has 0 spiro atoms. The van der Waals surface area contributed by atoms with Gasteiger partial charge in [-0.1, -0.05) is 12.1 Å². The highest BCUT2D eigenvalue weighted by atomic mass is 16.2. The lowest BCUT2D eigenvalue weighted by Crippen LogP contribution is -2.50. The molecule has 3 heterocycles. The smallest absolute Gasteiger partial charge is 0.317 e. The van der Waals surface area contributed by atoms with Crippen molar-refractivity contribution in [3.63, 3.8) is 0 Å². The summed E-state index contributed by atoms with van der Waals surface area (Å²) in [5, 5.41) is 3.03. The Kier molecular flexibility index (Phi) is 3.62. The van der Waals surface area contributed by atoms with Gasteiger partial charge in [0.25, 0.3) is 0 Å². The number of amides is 3. The van der Waals surface area contributed by atoms with Crippen molar-refractivity contribution in [2.75, 3.05) is 24.5 Å². The summed E-state index contributed by atoms with van der Waals surface area (Å²) in [4.78, 5) is 33.8. The third-order valence-corrected chi connectivity index (χ3v) is 5.65. The number of benzene rings is 1. The molecular formula is C19H23N5O2. The second-order valence-electron chi connectivity index (χ2n) is 7.55. The van der Waals surface area contributed by atoms with E-state index in [2.05, 4.69) is 14.9 Å². The minimum atomic E-state index is -0.139. The zero-order valence-corrected chi connectivity index (χ0v) is 14.7. The van der Waals surface area contributed by atoms with Crippen molar-refractivity contribution in [2.45, 2.75) is 38.3 Å². The van der Waals surface area contributed by atoms with Crippen LogP contribution in [0.25, 0.3) is 11.0 Å². The van der Waals surface area contributed by atoms with Crippen molar-refractivity contribution in [2.24, 2.45) is 5.92 Å². The normalized spacial score (nSPS) is 22.5. The van der Waals surface area contributed by atoms with Gasteiger partial charge in [0.15, 0.2) is 0 Å². The van der Waals surface area contributed by atoms with Crippen LogP contribution in [0.2, 0.25) is 0 Å². The highest BCUT2D eigenvalue weighted by Crippen LogP contribution is 2.30. The minimum Gasteiger partial charge on any atom is -0.335 e. The maximum absolute atomic E-state index is 13.2. The number of hydrogen-bond acceptors (Lipinski definition) is 3. The van der Waals surface area contributed by atoms with Gasteiger partial charge in [-0.25, -0.2) is 9.78 Å². The van der Waals surface area contributed by atoms with Gasteiger partial charge in [-0.05, 0) is 37.8 Å². The number of anilines is 1. The molecule has 1 atom stereocenters. The zero-order valence-electron chi connectivity index (χ0n) is 14.7. The van der Waals surface area contributed by atoms with Crippen LogP contribution in [0, 0.1) is 5.92 Å². The molecule has 1 saturated heterocycles. The number of imidazole rings is 1. The largest absolute Gasteiger partial charge is 0.335 e. The molecule has 136 valence electrons. The molecule has 7 nitrogen and oxygen atoms in total. The molecule has 1 aromatic carbocycles. The van der Waals surface area contributed by atoms with Crippen molar-refractivity contribution < 1.29 is 9.59 Å². The molecule has 2 fully saturated rings. The van der Waals surface area contributed by atoms with Gasteiger partial charge in [0.1, 0.15) is 0 Å². The van der Waals surface area contributed by atoms with Crippen LogP contribution in [0.3, 0.4) is 0 Å². The van der Waals surface area contributed by atoms with Gasteiger partial charge in [-0.2, -0.15) is 0 Å². The van der Waals surface area contributed by atoms with Crippen LogP contribution in [0.4, 0.5) is 10.7 Å². The van der Waals surface area contributed by atoms with E-state index in [4.69, 9.17) is 0 Å². The maximum atomic E-state index is 13.2. The third kappa shape index (κ3) is 2.62. The number of urea groups is 1. The quantitative estimate of drug-likeness (QED) is 0.897. The van der Waals surface area contributed by atoms with E-state index >= 15 is 0 Å². The lowest BCUT2D eigenvalue weighted by molar-refractivity contribution is -0.123. The van der Waals surface area contributed by atoms with Crippen molar-refractivity contribution >= 4 is 28.9 Å². The summed E-state index contributed by atoms with van der Waals surface area (Å²) in [6.45, 7) is 2.69. The number of carbonyl (C=O) groups is 2. The molecule has 2 aromatic rings. The molecule has 1 unspecified atom stereocenters. The first-order chi connectivity index (χ1) is 12.7. The summed E-state index contributed by atoms with van der Waals surface area (Å²) in [7, 11) is 0. The molecule has 3 amide bonds. The number of nitrogens with zero attached hydrogens (tertiary/aromatic N) is 4. The van der Waals surface area contributed by atoms with E-state index in [0.29, 0.717) is 19.1 Å². The average Bonchev–Trinajstić information content (AvgIpc) is 3.27. The Morgan fingerprint density at radius 1 is 1.08 bits per heavy atom.